The fourth-order valence-electron chi connectivity index (χ4n) is 6.92. The molecule has 0 unspecified atom stereocenters. The van der Waals surface area contributed by atoms with Crippen molar-refractivity contribution in [2.75, 3.05) is 69.4 Å². The largest absolute Gasteiger partial charge is 0.495 e. The van der Waals surface area contributed by atoms with Crippen LogP contribution in [0.2, 0.25) is 0 Å². The maximum absolute atomic E-state index is 10.2. The van der Waals surface area contributed by atoms with E-state index in [1.807, 2.05) is 0 Å². The number of benzene rings is 1. The number of nitrogens with zero attached hydrogens (tertiary/aromatic N) is 6. The maximum atomic E-state index is 10.2. The normalized spacial score (nSPS) is 22.9. The molecule has 0 radical (unpaired) electrons. The molecule has 6 rings (SSSR count). The van der Waals surface area contributed by atoms with E-state index in [-0.39, 0.29) is 12.1 Å². The van der Waals surface area contributed by atoms with Gasteiger partial charge in [0.15, 0.2) is 5.82 Å². The van der Waals surface area contributed by atoms with Crippen LogP contribution in [0.3, 0.4) is 0 Å². The number of aromatic nitrogens is 3. The number of hydrogen-bond donors (Lipinski definition) is 3. The van der Waals surface area contributed by atoms with Crippen LogP contribution in [0.15, 0.2) is 24.4 Å². The Bertz CT molecular complexity index is 1380. The first kappa shape index (κ1) is 28.9. The second-order valence-electron chi connectivity index (χ2n) is 12.2. The minimum atomic E-state index is -0.270. The first-order valence-corrected chi connectivity index (χ1v) is 15.7. The minimum Gasteiger partial charge on any atom is -0.495 e. The molecule has 0 bridgehead atoms. The third kappa shape index (κ3) is 5.98. The van der Waals surface area contributed by atoms with E-state index in [0.717, 1.165) is 97.9 Å². The second kappa shape index (κ2) is 12.6. The fourth-order valence-corrected chi connectivity index (χ4v) is 6.92. The number of rotatable bonds is 7. The van der Waals surface area contributed by atoms with Crippen molar-refractivity contribution >= 4 is 28.4 Å². The summed E-state index contributed by atoms with van der Waals surface area (Å²) in [6.45, 7) is 8.79. The van der Waals surface area contributed by atoms with E-state index in [2.05, 4.69) is 57.2 Å². The molecule has 3 aliphatic rings. The summed E-state index contributed by atoms with van der Waals surface area (Å²) in [5.41, 5.74) is 11.5. The first-order valence-electron chi connectivity index (χ1n) is 15.7. The number of pyridine rings is 1. The van der Waals surface area contributed by atoms with Gasteiger partial charge in [-0.15, -0.1) is 0 Å². The first-order chi connectivity index (χ1) is 20.4. The number of aliphatic hydroxyl groups is 1. The molecular weight excluding hydrogens is 528 g/mol. The van der Waals surface area contributed by atoms with Crippen LogP contribution in [-0.2, 0) is 6.42 Å². The number of nitrogens with two attached hydrogens (primary N) is 1. The van der Waals surface area contributed by atoms with E-state index in [1.54, 1.807) is 13.3 Å². The van der Waals surface area contributed by atoms with Gasteiger partial charge in [0.1, 0.15) is 22.6 Å². The van der Waals surface area contributed by atoms with Gasteiger partial charge in [0.2, 0.25) is 0 Å². The molecule has 10 heteroatoms. The zero-order valence-electron chi connectivity index (χ0n) is 25.3. The number of likely N-dealkylation sites (N-methyl/N-ethyl adjacent to an activating group) is 1. The summed E-state index contributed by atoms with van der Waals surface area (Å²) in [5.74, 6) is 1.99. The van der Waals surface area contributed by atoms with Crippen molar-refractivity contribution in [2.45, 2.75) is 70.1 Å². The fraction of sp³-hybridized carbons (Fsp3) is 0.594. The smallest absolute Gasteiger partial charge is 0.151 e. The zero-order valence-corrected chi connectivity index (χ0v) is 25.3. The van der Waals surface area contributed by atoms with Crippen molar-refractivity contribution in [1.29, 1.82) is 0 Å². The Morgan fingerprint density at radius 3 is 2.52 bits per heavy atom. The summed E-state index contributed by atoms with van der Waals surface area (Å²) in [5, 5.41) is 13.8. The van der Waals surface area contributed by atoms with E-state index >= 15 is 0 Å². The Kier molecular flexibility index (Phi) is 8.65. The van der Waals surface area contributed by atoms with Crippen molar-refractivity contribution in [3.05, 3.63) is 30.1 Å². The number of piperidine rings is 1. The molecule has 2 atom stereocenters. The van der Waals surface area contributed by atoms with Crippen LogP contribution >= 0.6 is 0 Å². The molecular formula is C32H46N8O2. The Labute approximate surface area is 249 Å². The van der Waals surface area contributed by atoms with Gasteiger partial charge in [0.25, 0.3) is 0 Å². The van der Waals surface area contributed by atoms with E-state index in [4.69, 9.17) is 20.4 Å². The lowest BCUT2D eigenvalue weighted by Gasteiger charge is -2.42. The monoisotopic (exact) mass is 574 g/mol. The van der Waals surface area contributed by atoms with Crippen LogP contribution in [0, 0.1) is 0 Å². The van der Waals surface area contributed by atoms with E-state index in [0.29, 0.717) is 17.4 Å². The number of nitrogen functional groups attached to an aromatic ring is 1. The second-order valence-corrected chi connectivity index (χ2v) is 12.2. The van der Waals surface area contributed by atoms with Crippen LogP contribution in [0.5, 0.6) is 5.75 Å². The molecule has 1 saturated carbocycles. The number of nitrogens with one attached hydrogen (secondary N) is 1. The van der Waals surface area contributed by atoms with E-state index in [9.17, 15) is 5.11 Å². The number of piperazine rings is 1. The summed E-state index contributed by atoms with van der Waals surface area (Å²) in [7, 11) is 3.96. The summed E-state index contributed by atoms with van der Waals surface area (Å²) < 4.78 is 5.95. The minimum absolute atomic E-state index is 0.174. The molecule has 2 saturated heterocycles. The highest BCUT2D eigenvalue weighted by Crippen LogP contribution is 2.38. The predicted octanol–water partition coefficient (Wildman–Crippen LogP) is 3.78. The van der Waals surface area contributed by atoms with Crippen molar-refractivity contribution in [2.24, 2.45) is 0 Å². The standard InChI is InChI=1S/C32H46N8O2/c1-4-26-32(35-22-6-5-7-24(41)19-22)37-29-25(20-34-31(33)30(29)36-26)21-8-9-27(28(18-21)42-3)40-12-10-23(11-13-40)39-16-14-38(2)15-17-39/h8-9,18,20,22-24,41H,4-7,10-17,19H2,1-3H3,(H2,33,34)(H,35,37)/t22-,24-/m0/s1. The van der Waals surface area contributed by atoms with Crippen molar-refractivity contribution in [1.82, 2.24) is 24.8 Å². The number of anilines is 3. The summed E-state index contributed by atoms with van der Waals surface area (Å²) in [6, 6.07) is 7.24. The predicted molar refractivity (Wildman–Crippen MR) is 169 cm³/mol. The van der Waals surface area contributed by atoms with Crippen LogP contribution < -0.4 is 20.7 Å². The lowest BCUT2D eigenvalue weighted by atomic mass is 9.93. The van der Waals surface area contributed by atoms with Gasteiger partial charge < -0.3 is 30.7 Å². The third-order valence-corrected chi connectivity index (χ3v) is 9.47. The molecule has 1 aromatic carbocycles. The summed E-state index contributed by atoms with van der Waals surface area (Å²) in [6.07, 6.45) is 8.18. The average Bonchev–Trinajstić information content (AvgIpc) is 3.01. The molecule has 4 heterocycles. The number of methoxy groups -OCH3 is 1. The van der Waals surface area contributed by atoms with Crippen molar-refractivity contribution < 1.29 is 9.84 Å². The van der Waals surface area contributed by atoms with Gasteiger partial charge in [0.05, 0.1) is 24.6 Å². The molecule has 4 N–H and O–H groups in total. The maximum Gasteiger partial charge on any atom is 0.151 e. The van der Waals surface area contributed by atoms with E-state index in [1.165, 1.54) is 25.9 Å². The van der Waals surface area contributed by atoms with Gasteiger partial charge in [0, 0.05) is 63.1 Å². The van der Waals surface area contributed by atoms with Gasteiger partial charge in [-0.05, 0) is 69.7 Å². The Balaban J connectivity index is 1.26. The molecule has 0 amide bonds. The number of hydrogen-bond acceptors (Lipinski definition) is 10. The van der Waals surface area contributed by atoms with E-state index < -0.39 is 0 Å². The Hall–Kier alpha value is -3.21. The Morgan fingerprint density at radius 2 is 1.81 bits per heavy atom. The molecule has 1 aliphatic carbocycles. The van der Waals surface area contributed by atoms with Crippen LogP contribution in [0.25, 0.3) is 22.2 Å². The molecule has 2 aromatic heterocycles. The number of aryl methyl sites for hydroxylation is 1. The average molecular weight is 575 g/mol. The summed E-state index contributed by atoms with van der Waals surface area (Å²) in [4.78, 5) is 22.1. The molecule has 3 aromatic rings. The highest BCUT2D eigenvalue weighted by molar-refractivity contribution is 5.97. The van der Waals surface area contributed by atoms with Crippen molar-refractivity contribution in [3.63, 3.8) is 0 Å². The lowest BCUT2D eigenvalue weighted by Crippen LogP contribution is -2.52. The molecule has 226 valence electrons. The van der Waals surface area contributed by atoms with Crippen molar-refractivity contribution in [3.8, 4) is 16.9 Å². The van der Waals surface area contributed by atoms with Gasteiger partial charge in [-0.2, -0.15) is 0 Å². The topological polar surface area (TPSA) is 116 Å². The third-order valence-electron chi connectivity index (χ3n) is 9.47. The highest BCUT2D eigenvalue weighted by Gasteiger charge is 2.28. The van der Waals surface area contributed by atoms with Gasteiger partial charge >= 0.3 is 0 Å². The SMILES string of the molecule is CCc1nc2c(N)ncc(-c3ccc(N4CCC(N5CCN(C)CC5)CC4)c(OC)c3)c2nc1N[C@H]1CCC[C@H](O)C1. The molecule has 10 nitrogen and oxygen atoms in total. The summed E-state index contributed by atoms with van der Waals surface area (Å²) >= 11 is 0. The van der Waals surface area contributed by atoms with Gasteiger partial charge in [-0.3, -0.25) is 4.90 Å². The number of fused-ring (bicyclic) bond motifs is 1. The van der Waals surface area contributed by atoms with Gasteiger partial charge in [-0.1, -0.05) is 13.0 Å². The lowest BCUT2D eigenvalue weighted by molar-refractivity contribution is 0.0981. The molecule has 42 heavy (non-hydrogen) atoms. The molecule has 2 aliphatic heterocycles. The van der Waals surface area contributed by atoms with Crippen LogP contribution in [-0.4, -0.2) is 101 Å². The van der Waals surface area contributed by atoms with Crippen LogP contribution in [0.4, 0.5) is 17.3 Å². The number of ether oxygens (including phenoxy) is 1. The zero-order chi connectivity index (χ0) is 29.2. The highest BCUT2D eigenvalue weighted by atomic mass is 16.5. The van der Waals surface area contributed by atoms with Gasteiger partial charge in [-0.25, -0.2) is 15.0 Å². The Morgan fingerprint density at radius 1 is 1.02 bits per heavy atom. The van der Waals surface area contributed by atoms with Crippen LogP contribution in [0.1, 0.15) is 51.1 Å². The number of aliphatic hydroxyl groups excluding tert-OH is 1. The quantitative estimate of drug-likeness (QED) is 0.385. The molecule has 3 fully saturated rings. The molecule has 0 spiro atoms.